The Labute approximate surface area is 324 Å². The zero-order valence-electron chi connectivity index (χ0n) is 31.6. The molecule has 0 radical (unpaired) electrons. The number of anilines is 3. The SMILES string of the molecule is COCOc1ccccc1-c1cc2c(nn1)NC[C@]1(C)C[C@@H](Oc3ccc(CN4CCN(c5ccc6c(c5)C(=O)N([C@H]5CCC(=O)NC5=O)C6)CC4)cn3)CN21. The Morgan fingerprint density at radius 1 is 0.964 bits per heavy atom. The molecule has 290 valence electrons. The van der Waals surface area contributed by atoms with Crippen LogP contribution in [-0.2, 0) is 27.4 Å². The molecule has 56 heavy (non-hydrogen) atoms. The number of piperidine rings is 1. The summed E-state index contributed by atoms with van der Waals surface area (Å²) in [6, 6.07) is 19.3. The summed E-state index contributed by atoms with van der Waals surface area (Å²) in [5.74, 6) is 1.23. The van der Waals surface area contributed by atoms with Crippen molar-refractivity contribution in [2.75, 3.05) is 68.3 Å². The zero-order valence-corrected chi connectivity index (χ0v) is 31.6. The van der Waals surface area contributed by atoms with Gasteiger partial charge in [-0.1, -0.05) is 24.3 Å². The number of piperazine rings is 1. The number of nitrogens with zero attached hydrogens (tertiary/aromatic N) is 7. The molecule has 5 aliphatic heterocycles. The molecule has 3 saturated heterocycles. The number of nitrogens with one attached hydrogen (secondary N) is 2. The first-order chi connectivity index (χ1) is 27.2. The Morgan fingerprint density at radius 3 is 2.62 bits per heavy atom. The number of benzene rings is 2. The highest BCUT2D eigenvalue weighted by Crippen LogP contribution is 2.43. The Morgan fingerprint density at radius 2 is 1.82 bits per heavy atom. The number of amides is 3. The van der Waals surface area contributed by atoms with E-state index >= 15 is 0 Å². The van der Waals surface area contributed by atoms with Crippen LogP contribution < -0.4 is 29.9 Å². The molecule has 3 fully saturated rings. The third kappa shape index (κ3) is 6.85. The van der Waals surface area contributed by atoms with E-state index in [1.165, 1.54) is 0 Å². The number of fused-ring (bicyclic) bond motifs is 4. The number of carbonyl (C=O) groups is 3. The fraction of sp³-hybridized carbons (Fsp3) is 0.415. The molecule has 0 spiro atoms. The Balaban J connectivity index is 0.790. The monoisotopic (exact) mass is 759 g/mol. The first kappa shape index (κ1) is 35.9. The molecule has 15 nitrogen and oxygen atoms in total. The second-order valence-corrected chi connectivity index (χ2v) is 15.4. The van der Waals surface area contributed by atoms with E-state index in [1.54, 1.807) is 12.0 Å². The Hall–Kier alpha value is -5.80. The number of hydrogen-bond acceptors (Lipinski definition) is 13. The van der Waals surface area contributed by atoms with Gasteiger partial charge in [-0.05, 0) is 54.8 Å². The van der Waals surface area contributed by atoms with Gasteiger partial charge in [-0.25, -0.2) is 4.98 Å². The number of para-hydroxylation sites is 1. The minimum atomic E-state index is -0.610. The Kier molecular flexibility index (Phi) is 9.41. The predicted octanol–water partition coefficient (Wildman–Crippen LogP) is 3.45. The summed E-state index contributed by atoms with van der Waals surface area (Å²) in [4.78, 5) is 50.8. The molecule has 0 unspecified atom stereocenters. The molecular weight excluding hydrogens is 715 g/mol. The Bertz CT molecular complexity index is 2160. The molecule has 3 atom stereocenters. The first-order valence-corrected chi connectivity index (χ1v) is 19.2. The van der Waals surface area contributed by atoms with Crippen LogP contribution in [0.2, 0.25) is 0 Å². The highest BCUT2D eigenvalue weighted by Gasteiger charge is 2.47. The lowest BCUT2D eigenvalue weighted by molar-refractivity contribution is -0.136. The fourth-order valence-corrected chi connectivity index (χ4v) is 8.68. The topological polar surface area (TPSA) is 155 Å². The fourth-order valence-electron chi connectivity index (χ4n) is 8.68. The number of imide groups is 1. The lowest BCUT2D eigenvalue weighted by atomic mass is 9.95. The van der Waals surface area contributed by atoms with Crippen molar-refractivity contribution in [3.63, 3.8) is 0 Å². The van der Waals surface area contributed by atoms with Gasteiger partial charge in [0.15, 0.2) is 12.6 Å². The van der Waals surface area contributed by atoms with Crippen molar-refractivity contribution >= 4 is 34.9 Å². The molecule has 2 aromatic heterocycles. The van der Waals surface area contributed by atoms with Crippen molar-refractivity contribution in [1.29, 1.82) is 0 Å². The maximum atomic E-state index is 13.3. The van der Waals surface area contributed by atoms with Crippen molar-refractivity contribution in [1.82, 2.24) is 30.3 Å². The largest absolute Gasteiger partial charge is 0.472 e. The number of pyridine rings is 1. The van der Waals surface area contributed by atoms with Crippen LogP contribution in [0.4, 0.5) is 17.2 Å². The number of methoxy groups -OCH3 is 1. The molecule has 2 aromatic carbocycles. The van der Waals surface area contributed by atoms with Crippen molar-refractivity contribution in [3.05, 3.63) is 83.6 Å². The van der Waals surface area contributed by atoms with Gasteiger partial charge in [-0.3, -0.25) is 24.6 Å². The van der Waals surface area contributed by atoms with Crippen LogP contribution >= 0.6 is 0 Å². The molecule has 15 heteroatoms. The maximum absolute atomic E-state index is 13.3. The second kappa shape index (κ2) is 14.7. The van der Waals surface area contributed by atoms with E-state index in [4.69, 9.17) is 19.2 Å². The van der Waals surface area contributed by atoms with Gasteiger partial charge in [0.1, 0.15) is 17.9 Å². The van der Waals surface area contributed by atoms with E-state index in [-0.39, 0.29) is 36.7 Å². The zero-order chi connectivity index (χ0) is 38.4. The minimum Gasteiger partial charge on any atom is -0.472 e. The summed E-state index contributed by atoms with van der Waals surface area (Å²) in [5.41, 5.74) is 6.08. The molecule has 3 amide bonds. The number of rotatable bonds is 10. The summed E-state index contributed by atoms with van der Waals surface area (Å²) < 4.78 is 17.4. The van der Waals surface area contributed by atoms with Gasteiger partial charge in [0.25, 0.3) is 5.91 Å². The maximum Gasteiger partial charge on any atom is 0.255 e. The van der Waals surface area contributed by atoms with Crippen molar-refractivity contribution < 1.29 is 28.6 Å². The second-order valence-electron chi connectivity index (χ2n) is 15.4. The highest BCUT2D eigenvalue weighted by atomic mass is 16.7. The summed E-state index contributed by atoms with van der Waals surface area (Å²) in [6.07, 6.45) is 3.29. The molecule has 0 saturated carbocycles. The molecule has 0 aliphatic carbocycles. The minimum absolute atomic E-state index is 0.0527. The molecule has 9 rings (SSSR count). The number of hydrogen-bond donors (Lipinski definition) is 2. The van der Waals surface area contributed by atoms with Gasteiger partial charge in [0.05, 0.1) is 23.5 Å². The van der Waals surface area contributed by atoms with Crippen LogP contribution in [0.15, 0.2) is 66.9 Å². The normalized spacial score (nSPS) is 23.3. The van der Waals surface area contributed by atoms with E-state index in [9.17, 15) is 14.4 Å². The van der Waals surface area contributed by atoms with Crippen molar-refractivity contribution in [3.8, 4) is 22.9 Å². The van der Waals surface area contributed by atoms with E-state index in [2.05, 4.69) is 60.7 Å². The van der Waals surface area contributed by atoms with Crippen LogP contribution in [0.1, 0.15) is 47.7 Å². The molecule has 4 aromatic rings. The van der Waals surface area contributed by atoms with Crippen molar-refractivity contribution in [2.24, 2.45) is 0 Å². The lowest BCUT2D eigenvalue weighted by Crippen LogP contribution is -2.52. The quantitative estimate of drug-likeness (QED) is 0.180. The number of aromatic nitrogens is 3. The molecule has 0 bridgehead atoms. The predicted molar refractivity (Wildman–Crippen MR) is 207 cm³/mol. The van der Waals surface area contributed by atoms with Gasteiger partial charge in [0.2, 0.25) is 17.7 Å². The third-order valence-electron chi connectivity index (χ3n) is 11.6. The van der Waals surface area contributed by atoms with Gasteiger partial charge < -0.3 is 34.2 Å². The molecule has 5 aliphatic rings. The van der Waals surface area contributed by atoms with Crippen LogP contribution in [0, 0.1) is 0 Å². The third-order valence-corrected chi connectivity index (χ3v) is 11.6. The van der Waals surface area contributed by atoms with Crippen LogP contribution in [0.5, 0.6) is 11.6 Å². The average Bonchev–Trinajstić information content (AvgIpc) is 3.73. The van der Waals surface area contributed by atoms with E-state index in [0.29, 0.717) is 36.7 Å². The smallest absolute Gasteiger partial charge is 0.255 e. The number of ether oxygens (including phenoxy) is 3. The van der Waals surface area contributed by atoms with E-state index < -0.39 is 11.9 Å². The summed E-state index contributed by atoms with van der Waals surface area (Å²) >= 11 is 0. The summed E-state index contributed by atoms with van der Waals surface area (Å²) in [7, 11) is 1.60. The van der Waals surface area contributed by atoms with E-state index in [1.807, 2.05) is 48.7 Å². The van der Waals surface area contributed by atoms with Crippen LogP contribution in [-0.4, -0.2) is 114 Å². The summed E-state index contributed by atoms with van der Waals surface area (Å²) in [6.45, 7) is 8.39. The van der Waals surface area contributed by atoms with Gasteiger partial charge in [0, 0.05) is 94.8 Å². The van der Waals surface area contributed by atoms with Gasteiger partial charge in [-0.15, -0.1) is 10.2 Å². The molecule has 7 heterocycles. The van der Waals surface area contributed by atoms with Gasteiger partial charge >= 0.3 is 0 Å². The molecule has 2 N–H and O–H groups in total. The van der Waals surface area contributed by atoms with E-state index in [0.717, 1.165) is 85.3 Å². The molecular formula is C41H45N9O6. The highest BCUT2D eigenvalue weighted by molar-refractivity contribution is 6.05. The van der Waals surface area contributed by atoms with Crippen LogP contribution in [0.3, 0.4) is 0 Å². The average molecular weight is 760 g/mol. The van der Waals surface area contributed by atoms with Crippen molar-refractivity contribution in [2.45, 2.75) is 57.0 Å². The first-order valence-electron chi connectivity index (χ1n) is 19.2. The lowest BCUT2D eigenvalue weighted by Gasteiger charge is -2.41. The number of carbonyl (C=O) groups excluding carboxylic acids is 3. The summed E-state index contributed by atoms with van der Waals surface area (Å²) in [5, 5.41) is 14.9. The standard InChI is InChI=1S/C41H45N9O6/c1-41-19-29(23-50(41)34-18-32(45-46-38(34)43-24-41)30-5-3-4-6-35(30)55-25-54-2)56-37-12-7-26(20-42-37)21-47-13-15-48(16-14-47)28-9-8-27-22-49(40(53)31(27)17-28)33-10-11-36(51)44-39(33)52/h3-9,12,17-18,20,29,33H,10-11,13-16,19,21-25H2,1-2H3,(H,43,46)(H,44,51,52)/t29-,33+,41+/m1/s1. The van der Waals surface area contributed by atoms with Crippen LogP contribution in [0.25, 0.3) is 11.3 Å². The van der Waals surface area contributed by atoms with Gasteiger partial charge in [-0.2, -0.15) is 0 Å².